The lowest BCUT2D eigenvalue weighted by Crippen LogP contribution is -2.10. The van der Waals surface area contributed by atoms with Gasteiger partial charge in [-0.1, -0.05) is 167 Å². The van der Waals surface area contributed by atoms with Gasteiger partial charge in [-0.3, -0.25) is 9.59 Å². The molecule has 3 rings (SSSR count). The van der Waals surface area contributed by atoms with Gasteiger partial charge in [0, 0.05) is 27.9 Å². The number of carbonyl (C=O) groups is 2. The number of hydrogen-bond acceptors (Lipinski definition) is 2. The molecule has 0 radical (unpaired) electrons. The van der Waals surface area contributed by atoms with Crippen LogP contribution in [-0.2, 0) is 0 Å². The fourth-order valence-corrected chi connectivity index (χ4v) is 6.76. The van der Waals surface area contributed by atoms with Crippen molar-refractivity contribution in [3.05, 3.63) is 47.5 Å². The third kappa shape index (κ3) is 11.0. The maximum absolute atomic E-state index is 11.7. The normalized spacial score (nSPS) is 11.7. The summed E-state index contributed by atoms with van der Waals surface area (Å²) in [4.78, 5) is 23.5. The highest BCUT2D eigenvalue weighted by atomic mass is 16.1. The number of fused-ring (bicyclic) bond motifs is 3. The minimum absolute atomic E-state index is 0.386. The zero-order valence-electron chi connectivity index (χ0n) is 27.0. The molecule has 1 heterocycles. The van der Waals surface area contributed by atoms with Gasteiger partial charge in [-0.15, -0.1) is 0 Å². The summed E-state index contributed by atoms with van der Waals surface area (Å²) >= 11 is 0. The van der Waals surface area contributed by atoms with Crippen LogP contribution in [0.4, 0.5) is 0 Å². The van der Waals surface area contributed by atoms with Crippen LogP contribution in [0.5, 0.6) is 0 Å². The van der Waals surface area contributed by atoms with E-state index in [4.69, 9.17) is 0 Å². The van der Waals surface area contributed by atoms with Crippen molar-refractivity contribution in [2.24, 2.45) is 0 Å². The topological polar surface area (TPSA) is 39.1 Å². The lowest BCUT2D eigenvalue weighted by Gasteiger charge is -2.22. The molecule has 0 amide bonds. The van der Waals surface area contributed by atoms with Gasteiger partial charge in [0.05, 0.1) is 11.0 Å². The molecular weight excluding hydrogens is 514 g/mol. The van der Waals surface area contributed by atoms with E-state index in [1.54, 1.807) is 0 Å². The molecule has 0 bridgehead atoms. The highest BCUT2D eigenvalue weighted by molar-refractivity contribution is 6.10. The molecule has 232 valence electrons. The van der Waals surface area contributed by atoms with E-state index in [2.05, 4.69) is 42.7 Å². The average molecular weight is 574 g/mol. The summed E-state index contributed by atoms with van der Waals surface area (Å²) in [6, 6.07) is 12.5. The van der Waals surface area contributed by atoms with Crippen molar-refractivity contribution in [1.82, 2.24) is 4.57 Å². The van der Waals surface area contributed by atoms with Crippen LogP contribution in [0.25, 0.3) is 21.8 Å². The zero-order valence-corrected chi connectivity index (χ0v) is 27.0. The lowest BCUT2D eigenvalue weighted by atomic mass is 9.99. The van der Waals surface area contributed by atoms with Gasteiger partial charge >= 0.3 is 0 Å². The second-order valence-corrected chi connectivity index (χ2v) is 12.8. The highest BCUT2D eigenvalue weighted by Crippen LogP contribution is 2.36. The Labute approximate surface area is 256 Å². The first-order valence-corrected chi connectivity index (χ1v) is 17.7. The minimum Gasteiger partial charge on any atom is -0.337 e. The molecule has 0 saturated carbocycles. The number of rotatable bonds is 25. The van der Waals surface area contributed by atoms with E-state index in [-0.39, 0.29) is 0 Å². The predicted octanol–water partition coefficient (Wildman–Crippen LogP) is 12.6. The third-order valence-electron chi connectivity index (χ3n) is 9.27. The van der Waals surface area contributed by atoms with Crippen molar-refractivity contribution in [1.29, 1.82) is 0 Å². The molecule has 0 aliphatic heterocycles. The molecule has 2 aromatic carbocycles. The number of carbonyl (C=O) groups excluding carboxylic acids is 2. The summed E-state index contributed by atoms with van der Waals surface area (Å²) in [5.74, 6) is 0. The molecule has 0 fully saturated rings. The van der Waals surface area contributed by atoms with Crippen LogP contribution in [0.15, 0.2) is 36.4 Å². The van der Waals surface area contributed by atoms with Crippen molar-refractivity contribution >= 4 is 34.4 Å². The quantitative estimate of drug-likeness (QED) is 0.0747. The zero-order chi connectivity index (χ0) is 29.8. The minimum atomic E-state index is 0.386. The molecule has 3 nitrogen and oxygen atoms in total. The first-order chi connectivity index (χ1) is 20.7. The molecule has 0 unspecified atom stereocenters. The van der Waals surface area contributed by atoms with E-state index < -0.39 is 0 Å². The molecule has 0 aliphatic rings. The Kier molecular flexibility index (Phi) is 16.6. The molecule has 42 heavy (non-hydrogen) atoms. The van der Waals surface area contributed by atoms with Gasteiger partial charge in [-0.25, -0.2) is 0 Å². The molecule has 3 heteroatoms. The van der Waals surface area contributed by atoms with E-state index >= 15 is 0 Å². The third-order valence-corrected chi connectivity index (χ3v) is 9.27. The molecule has 3 aromatic rings. The fourth-order valence-electron chi connectivity index (χ4n) is 6.76. The maximum atomic E-state index is 11.7. The standard InChI is InChI=1S/C39H59NO2/c1-3-5-7-9-11-13-15-17-19-21-23-35(24-22-20-18-16-14-12-10-8-6-4-2)40-38-29-33(31-41)25-27-36(38)37-28-26-34(32-42)30-39(37)40/h25-32,35H,3-24H2,1-2H3. The molecule has 0 spiro atoms. The number of hydrogen-bond donors (Lipinski definition) is 0. The number of unbranched alkanes of at least 4 members (excludes halogenated alkanes) is 18. The Hall–Kier alpha value is -2.42. The van der Waals surface area contributed by atoms with Crippen molar-refractivity contribution < 1.29 is 9.59 Å². The second-order valence-electron chi connectivity index (χ2n) is 12.8. The summed E-state index contributed by atoms with van der Waals surface area (Å²) in [5.41, 5.74) is 3.72. The van der Waals surface area contributed by atoms with E-state index in [0.717, 1.165) is 47.6 Å². The van der Waals surface area contributed by atoms with Crippen LogP contribution in [0, 0.1) is 0 Å². The van der Waals surface area contributed by atoms with Gasteiger partial charge in [0.1, 0.15) is 12.6 Å². The van der Waals surface area contributed by atoms with Crippen LogP contribution in [0.2, 0.25) is 0 Å². The summed E-state index contributed by atoms with van der Waals surface area (Å²) < 4.78 is 2.49. The SMILES string of the molecule is CCCCCCCCCCCCC(CCCCCCCCCCCC)n1c2cc(C=O)ccc2c2ccc(C=O)cc21. The smallest absolute Gasteiger partial charge is 0.150 e. The Balaban J connectivity index is 1.66. The predicted molar refractivity (Wildman–Crippen MR) is 182 cm³/mol. The van der Waals surface area contributed by atoms with Gasteiger partial charge in [0.2, 0.25) is 0 Å². The second kappa shape index (κ2) is 20.5. The molecule has 0 aliphatic carbocycles. The van der Waals surface area contributed by atoms with E-state index in [9.17, 15) is 9.59 Å². The lowest BCUT2D eigenvalue weighted by molar-refractivity contribution is 0.111. The summed E-state index contributed by atoms with van der Waals surface area (Å²) in [7, 11) is 0. The van der Waals surface area contributed by atoms with E-state index in [1.807, 2.05) is 12.1 Å². The Morgan fingerprint density at radius 2 is 0.833 bits per heavy atom. The van der Waals surface area contributed by atoms with Crippen molar-refractivity contribution in [2.75, 3.05) is 0 Å². The van der Waals surface area contributed by atoms with Crippen LogP contribution in [0.1, 0.15) is 182 Å². The van der Waals surface area contributed by atoms with Crippen LogP contribution >= 0.6 is 0 Å². The van der Waals surface area contributed by atoms with Crippen LogP contribution < -0.4 is 0 Å². The van der Waals surface area contributed by atoms with Gasteiger partial charge in [-0.05, 0) is 25.0 Å². The first-order valence-electron chi connectivity index (χ1n) is 17.7. The van der Waals surface area contributed by atoms with Crippen LogP contribution in [0.3, 0.4) is 0 Å². The summed E-state index contributed by atoms with van der Waals surface area (Å²) in [6.07, 6.45) is 31.2. The van der Waals surface area contributed by atoms with Gasteiger partial charge in [-0.2, -0.15) is 0 Å². The number of aromatic nitrogens is 1. The van der Waals surface area contributed by atoms with Crippen molar-refractivity contribution in [3.63, 3.8) is 0 Å². The van der Waals surface area contributed by atoms with Gasteiger partial charge in [0.15, 0.2) is 0 Å². The average Bonchev–Trinajstić information content (AvgIpc) is 3.34. The molecule has 0 N–H and O–H groups in total. The fraction of sp³-hybridized carbons (Fsp3) is 0.641. The molecule has 1 aromatic heterocycles. The number of aldehydes is 2. The molecular formula is C39H59NO2. The Morgan fingerprint density at radius 3 is 1.17 bits per heavy atom. The maximum Gasteiger partial charge on any atom is 0.150 e. The van der Waals surface area contributed by atoms with E-state index in [1.165, 1.54) is 139 Å². The van der Waals surface area contributed by atoms with Crippen LogP contribution in [-0.4, -0.2) is 17.1 Å². The summed E-state index contributed by atoms with van der Waals surface area (Å²) in [5, 5.41) is 2.37. The van der Waals surface area contributed by atoms with Gasteiger partial charge in [0.25, 0.3) is 0 Å². The number of nitrogens with zero attached hydrogens (tertiary/aromatic N) is 1. The molecule has 0 saturated heterocycles. The monoisotopic (exact) mass is 573 g/mol. The van der Waals surface area contributed by atoms with E-state index in [0.29, 0.717) is 6.04 Å². The van der Waals surface area contributed by atoms with Crippen molar-refractivity contribution in [3.8, 4) is 0 Å². The van der Waals surface area contributed by atoms with Gasteiger partial charge < -0.3 is 4.57 Å². The Bertz CT molecular complexity index is 1090. The number of benzene rings is 2. The largest absolute Gasteiger partial charge is 0.337 e. The summed E-state index contributed by atoms with van der Waals surface area (Å²) in [6.45, 7) is 4.57. The van der Waals surface area contributed by atoms with Crippen molar-refractivity contribution in [2.45, 2.75) is 161 Å². The first kappa shape index (κ1) is 34.1. The molecule has 0 atom stereocenters. The highest BCUT2D eigenvalue weighted by Gasteiger charge is 2.19. The Morgan fingerprint density at radius 1 is 0.500 bits per heavy atom.